The summed E-state index contributed by atoms with van der Waals surface area (Å²) in [5.41, 5.74) is 0.607. The molecule has 0 bridgehead atoms. The molecule has 1 aliphatic carbocycles. The van der Waals surface area contributed by atoms with E-state index >= 15 is 0 Å². The van der Waals surface area contributed by atoms with Crippen molar-refractivity contribution in [3.8, 4) is 0 Å². The van der Waals surface area contributed by atoms with E-state index in [1.54, 1.807) is 0 Å². The van der Waals surface area contributed by atoms with Gasteiger partial charge in [0.25, 0.3) is 0 Å². The molecule has 1 N–H and O–H groups in total. The molecule has 1 heterocycles. The van der Waals surface area contributed by atoms with Gasteiger partial charge in [-0.05, 0) is 18.8 Å². The lowest BCUT2D eigenvalue weighted by Crippen LogP contribution is -2.69. The fourth-order valence-corrected chi connectivity index (χ4v) is 3.73. The van der Waals surface area contributed by atoms with Gasteiger partial charge in [0.05, 0.1) is 6.10 Å². The van der Waals surface area contributed by atoms with Crippen LogP contribution in [0.25, 0.3) is 0 Å². The van der Waals surface area contributed by atoms with Crippen molar-refractivity contribution in [2.24, 2.45) is 10.8 Å². The highest BCUT2D eigenvalue weighted by molar-refractivity contribution is 5.07. The predicted molar refractivity (Wildman–Crippen MR) is 80.4 cm³/mol. The molecular weight excluding hydrogens is 236 g/mol. The molecule has 2 aliphatic rings. The molecule has 0 aromatic heterocycles. The van der Waals surface area contributed by atoms with Crippen molar-refractivity contribution in [3.63, 3.8) is 0 Å². The third-order valence-electron chi connectivity index (χ3n) is 5.48. The third-order valence-corrected chi connectivity index (χ3v) is 5.48. The normalized spacial score (nSPS) is 39.9. The lowest BCUT2D eigenvalue weighted by molar-refractivity contribution is -0.153. The van der Waals surface area contributed by atoms with Crippen molar-refractivity contribution in [2.45, 2.75) is 72.2 Å². The predicted octanol–water partition coefficient (Wildman–Crippen LogP) is 2.51. The van der Waals surface area contributed by atoms with Crippen LogP contribution in [0.4, 0.5) is 0 Å². The molecule has 1 saturated carbocycles. The van der Waals surface area contributed by atoms with Crippen LogP contribution in [0.2, 0.25) is 0 Å². The van der Waals surface area contributed by atoms with Crippen molar-refractivity contribution in [1.29, 1.82) is 0 Å². The minimum absolute atomic E-state index is 0.281. The van der Waals surface area contributed by atoms with Crippen molar-refractivity contribution in [3.05, 3.63) is 0 Å². The zero-order chi connectivity index (χ0) is 14.4. The highest BCUT2D eigenvalue weighted by Crippen LogP contribution is 2.46. The maximum absolute atomic E-state index is 5.61. The van der Waals surface area contributed by atoms with Gasteiger partial charge in [-0.25, -0.2) is 0 Å². The average molecular weight is 268 g/mol. The van der Waals surface area contributed by atoms with Gasteiger partial charge < -0.3 is 10.1 Å². The zero-order valence-corrected chi connectivity index (χ0v) is 13.8. The molecular formula is C16H32N2O. The molecule has 1 saturated heterocycles. The number of hydrogen-bond donors (Lipinski definition) is 1. The summed E-state index contributed by atoms with van der Waals surface area (Å²) in [4.78, 5) is 2.72. The van der Waals surface area contributed by atoms with E-state index in [2.05, 4.69) is 51.8 Å². The third kappa shape index (κ3) is 2.70. The van der Waals surface area contributed by atoms with Crippen molar-refractivity contribution in [1.82, 2.24) is 10.2 Å². The second-order valence-corrected chi connectivity index (χ2v) is 8.17. The fraction of sp³-hybridized carbons (Fsp3) is 1.00. The molecule has 4 unspecified atom stereocenters. The number of rotatable bonds is 2. The Morgan fingerprint density at radius 3 is 2.37 bits per heavy atom. The number of hydrogen-bond acceptors (Lipinski definition) is 3. The summed E-state index contributed by atoms with van der Waals surface area (Å²) in [5.74, 6) is 0. The Morgan fingerprint density at radius 2 is 1.89 bits per heavy atom. The zero-order valence-electron chi connectivity index (χ0n) is 13.8. The summed E-state index contributed by atoms with van der Waals surface area (Å²) in [5, 5.41) is 3.72. The lowest BCUT2D eigenvalue weighted by Gasteiger charge is -2.59. The summed E-state index contributed by atoms with van der Waals surface area (Å²) >= 11 is 0. The molecule has 0 radical (unpaired) electrons. The van der Waals surface area contributed by atoms with Gasteiger partial charge >= 0.3 is 0 Å². The van der Waals surface area contributed by atoms with Gasteiger partial charge in [0.15, 0.2) is 0 Å². The number of nitrogens with one attached hydrogen (secondary N) is 1. The number of nitrogens with zero attached hydrogens (tertiary/aromatic N) is 1. The minimum atomic E-state index is 0.281. The Morgan fingerprint density at radius 1 is 1.26 bits per heavy atom. The largest absolute Gasteiger partial charge is 0.381 e. The van der Waals surface area contributed by atoms with Gasteiger partial charge in [-0.1, -0.05) is 34.6 Å². The quantitative estimate of drug-likeness (QED) is 0.833. The van der Waals surface area contributed by atoms with Gasteiger partial charge in [0.1, 0.15) is 0 Å². The molecule has 0 spiro atoms. The Kier molecular flexibility index (Phi) is 4.03. The standard InChI is InChI=1S/C16H32N2O/c1-11-9-17-12(15(2,3)4)10-18(11)13-8-14(19-7)16(13,5)6/h11-14,17H,8-10H2,1-7H3. The highest BCUT2D eigenvalue weighted by Gasteiger charge is 2.53. The molecule has 0 aromatic rings. The number of ether oxygens (including phenoxy) is 1. The molecule has 19 heavy (non-hydrogen) atoms. The van der Waals surface area contributed by atoms with Crippen LogP contribution < -0.4 is 5.32 Å². The first-order chi connectivity index (χ1) is 8.67. The molecule has 2 fully saturated rings. The van der Waals surface area contributed by atoms with Gasteiger partial charge in [0.2, 0.25) is 0 Å². The Labute approximate surface area is 119 Å². The monoisotopic (exact) mass is 268 g/mol. The van der Waals surface area contributed by atoms with E-state index in [9.17, 15) is 0 Å². The second kappa shape index (κ2) is 5.01. The van der Waals surface area contributed by atoms with E-state index < -0.39 is 0 Å². The number of methoxy groups -OCH3 is 1. The maximum Gasteiger partial charge on any atom is 0.0652 e. The van der Waals surface area contributed by atoms with Crippen LogP contribution in [0.3, 0.4) is 0 Å². The van der Waals surface area contributed by atoms with Gasteiger partial charge in [-0.3, -0.25) is 4.90 Å². The highest BCUT2D eigenvalue weighted by atomic mass is 16.5. The van der Waals surface area contributed by atoms with E-state index in [4.69, 9.17) is 4.74 Å². The fourth-order valence-electron chi connectivity index (χ4n) is 3.73. The summed E-state index contributed by atoms with van der Waals surface area (Å²) in [6.45, 7) is 16.3. The van der Waals surface area contributed by atoms with Crippen molar-refractivity contribution < 1.29 is 4.74 Å². The van der Waals surface area contributed by atoms with Crippen LogP contribution in [0.15, 0.2) is 0 Å². The van der Waals surface area contributed by atoms with Crippen LogP contribution >= 0.6 is 0 Å². The first-order valence-electron chi connectivity index (χ1n) is 7.70. The first kappa shape index (κ1) is 15.3. The Bertz CT molecular complexity index is 321. The van der Waals surface area contributed by atoms with Crippen LogP contribution in [-0.4, -0.2) is 49.3 Å². The van der Waals surface area contributed by atoms with Crippen LogP contribution in [0, 0.1) is 10.8 Å². The topological polar surface area (TPSA) is 24.5 Å². The van der Waals surface area contributed by atoms with Gasteiger partial charge in [-0.15, -0.1) is 0 Å². The Hall–Kier alpha value is -0.120. The molecule has 0 amide bonds. The Balaban J connectivity index is 2.07. The van der Waals surface area contributed by atoms with E-state index in [-0.39, 0.29) is 5.41 Å². The molecule has 2 rings (SSSR count). The molecule has 0 aromatic carbocycles. The van der Waals surface area contributed by atoms with Gasteiger partial charge in [0, 0.05) is 43.7 Å². The van der Waals surface area contributed by atoms with E-state index in [0.717, 1.165) is 13.1 Å². The number of piperazine rings is 1. The smallest absolute Gasteiger partial charge is 0.0652 e. The summed E-state index contributed by atoms with van der Waals surface area (Å²) in [6.07, 6.45) is 1.61. The molecule has 4 atom stereocenters. The van der Waals surface area contributed by atoms with Crippen LogP contribution in [0.5, 0.6) is 0 Å². The lowest BCUT2D eigenvalue weighted by atomic mass is 9.63. The molecule has 3 nitrogen and oxygen atoms in total. The first-order valence-corrected chi connectivity index (χ1v) is 7.70. The van der Waals surface area contributed by atoms with Crippen molar-refractivity contribution in [2.75, 3.05) is 20.2 Å². The SMILES string of the molecule is COC1CC(N2CC(C(C)(C)C)NCC2C)C1(C)C. The average Bonchev–Trinajstić information content (AvgIpc) is 2.29. The van der Waals surface area contributed by atoms with E-state index in [1.165, 1.54) is 6.42 Å². The maximum atomic E-state index is 5.61. The van der Waals surface area contributed by atoms with E-state index in [0.29, 0.717) is 29.6 Å². The molecule has 1 aliphatic heterocycles. The summed E-state index contributed by atoms with van der Waals surface area (Å²) < 4.78 is 5.61. The minimum Gasteiger partial charge on any atom is -0.381 e. The summed E-state index contributed by atoms with van der Waals surface area (Å²) in [7, 11) is 1.85. The van der Waals surface area contributed by atoms with E-state index in [1.807, 2.05) is 7.11 Å². The molecule has 112 valence electrons. The van der Waals surface area contributed by atoms with Crippen LogP contribution in [-0.2, 0) is 4.74 Å². The summed E-state index contributed by atoms with van der Waals surface area (Å²) in [6, 6.07) is 1.88. The van der Waals surface area contributed by atoms with Crippen LogP contribution in [0.1, 0.15) is 48.0 Å². The second-order valence-electron chi connectivity index (χ2n) is 8.17. The van der Waals surface area contributed by atoms with Gasteiger partial charge in [-0.2, -0.15) is 0 Å². The van der Waals surface area contributed by atoms with Crippen molar-refractivity contribution >= 4 is 0 Å². The molecule has 3 heteroatoms.